The molecule has 1 atom stereocenters. The molecule has 3 rings (SSSR count). The van der Waals surface area contributed by atoms with E-state index in [1.165, 1.54) is 17.0 Å². The Bertz CT molecular complexity index is 952. The summed E-state index contributed by atoms with van der Waals surface area (Å²) in [5.41, 5.74) is 0.482. The van der Waals surface area contributed by atoms with Crippen molar-refractivity contribution in [3.63, 3.8) is 0 Å². The normalized spacial score (nSPS) is 12.2. The topological polar surface area (TPSA) is 113 Å². The smallest absolute Gasteiger partial charge is 0.405 e. The molecule has 0 bridgehead atoms. The maximum Gasteiger partial charge on any atom is 0.405 e. The largest absolute Gasteiger partial charge is 0.465 e. The van der Waals surface area contributed by atoms with Crippen LogP contribution in [-0.2, 0) is 0 Å². The molecule has 0 saturated heterocycles. The van der Waals surface area contributed by atoms with Crippen LogP contribution in [0.3, 0.4) is 0 Å². The van der Waals surface area contributed by atoms with E-state index in [0.29, 0.717) is 17.6 Å². The van der Waals surface area contributed by atoms with Crippen molar-refractivity contribution in [2.75, 3.05) is 0 Å². The molecule has 0 aliphatic carbocycles. The van der Waals surface area contributed by atoms with Crippen LogP contribution in [0, 0.1) is 0 Å². The Labute approximate surface area is 141 Å². The molecule has 0 aliphatic heterocycles. The zero-order valence-corrected chi connectivity index (χ0v) is 13.4. The monoisotopic (exact) mass is 347 g/mol. The van der Waals surface area contributed by atoms with Gasteiger partial charge in [0.15, 0.2) is 0 Å². The van der Waals surface area contributed by atoms with Crippen LogP contribution in [0.5, 0.6) is 0 Å². The summed E-state index contributed by atoms with van der Waals surface area (Å²) in [6, 6.07) is 4.31. The van der Waals surface area contributed by atoms with E-state index in [-0.39, 0.29) is 21.8 Å². The van der Waals surface area contributed by atoms with E-state index in [2.05, 4.69) is 20.5 Å². The van der Waals surface area contributed by atoms with Gasteiger partial charge in [0.05, 0.1) is 33.9 Å². The van der Waals surface area contributed by atoms with Gasteiger partial charge in [0, 0.05) is 6.20 Å². The average Bonchev–Trinajstić information content (AvgIpc) is 3.06. The molecule has 2 heterocycles. The molecule has 0 spiro atoms. The van der Waals surface area contributed by atoms with E-state index >= 15 is 0 Å². The van der Waals surface area contributed by atoms with Gasteiger partial charge in [-0.3, -0.25) is 14.5 Å². The number of nitrogens with zero attached hydrogens (tertiary/aromatic N) is 3. The molecular weight excluding hydrogens is 334 g/mol. The first-order chi connectivity index (χ1) is 11.5. The lowest BCUT2D eigenvalue weighted by atomic mass is 10.1. The Hall–Kier alpha value is -2.87. The van der Waals surface area contributed by atoms with Gasteiger partial charge in [-0.2, -0.15) is 5.10 Å². The SMILES string of the molecule is CCC(NC(=O)O)c1nc2cccc(Cl)c2c(=O)n1-c1cn[nH]c1. The van der Waals surface area contributed by atoms with E-state index in [1.807, 2.05) is 0 Å². The van der Waals surface area contributed by atoms with Crippen molar-refractivity contribution in [3.05, 3.63) is 51.8 Å². The molecule has 9 heteroatoms. The van der Waals surface area contributed by atoms with Gasteiger partial charge in [0.2, 0.25) is 0 Å². The molecule has 0 fully saturated rings. The number of H-pyrrole nitrogens is 1. The third kappa shape index (κ3) is 2.71. The van der Waals surface area contributed by atoms with Crippen molar-refractivity contribution in [1.29, 1.82) is 0 Å². The zero-order valence-electron chi connectivity index (χ0n) is 12.7. The summed E-state index contributed by atoms with van der Waals surface area (Å²) in [6.07, 6.45) is 2.22. The van der Waals surface area contributed by atoms with Crippen LogP contribution >= 0.6 is 11.6 Å². The number of aromatic nitrogens is 4. The highest BCUT2D eigenvalue weighted by Gasteiger charge is 2.22. The van der Waals surface area contributed by atoms with Crippen molar-refractivity contribution >= 4 is 28.6 Å². The third-order valence-corrected chi connectivity index (χ3v) is 3.95. The van der Waals surface area contributed by atoms with E-state index in [9.17, 15) is 9.59 Å². The number of hydrogen-bond acceptors (Lipinski definition) is 4. The highest BCUT2D eigenvalue weighted by Crippen LogP contribution is 2.23. The van der Waals surface area contributed by atoms with E-state index in [4.69, 9.17) is 16.7 Å². The minimum Gasteiger partial charge on any atom is -0.465 e. The number of aromatic amines is 1. The Morgan fingerprint density at radius 2 is 2.29 bits per heavy atom. The number of nitrogens with one attached hydrogen (secondary N) is 2. The number of benzene rings is 1. The van der Waals surface area contributed by atoms with Gasteiger partial charge in [-0.05, 0) is 18.6 Å². The van der Waals surface area contributed by atoms with Gasteiger partial charge in [0.1, 0.15) is 5.82 Å². The molecule has 0 radical (unpaired) electrons. The molecule has 3 aromatic rings. The molecule has 8 nitrogen and oxygen atoms in total. The second-order valence-corrected chi connectivity index (χ2v) is 5.52. The minimum atomic E-state index is -1.19. The maximum absolute atomic E-state index is 13.0. The highest BCUT2D eigenvalue weighted by molar-refractivity contribution is 6.35. The highest BCUT2D eigenvalue weighted by atomic mass is 35.5. The minimum absolute atomic E-state index is 0.272. The fourth-order valence-corrected chi connectivity index (χ4v) is 2.81. The van der Waals surface area contributed by atoms with Gasteiger partial charge < -0.3 is 10.4 Å². The lowest BCUT2D eigenvalue weighted by Gasteiger charge is -2.19. The lowest BCUT2D eigenvalue weighted by molar-refractivity contribution is 0.188. The summed E-state index contributed by atoms with van der Waals surface area (Å²) < 4.78 is 1.32. The molecule has 2 aromatic heterocycles. The molecule has 1 aromatic carbocycles. The summed E-state index contributed by atoms with van der Waals surface area (Å²) in [7, 11) is 0. The van der Waals surface area contributed by atoms with E-state index < -0.39 is 12.1 Å². The van der Waals surface area contributed by atoms with Crippen molar-refractivity contribution in [2.24, 2.45) is 0 Å². The van der Waals surface area contributed by atoms with Crippen LogP contribution < -0.4 is 10.9 Å². The molecular formula is C15H14ClN5O3. The van der Waals surface area contributed by atoms with Crippen molar-refractivity contribution in [2.45, 2.75) is 19.4 Å². The maximum atomic E-state index is 13.0. The van der Waals surface area contributed by atoms with Gasteiger partial charge in [0.25, 0.3) is 5.56 Å². The first-order valence-electron chi connectivity index (χ1n) is 7.22. The number of rotatable bonds is 4. The Morgan fingerprint density at radius 3 is 2.92 bits per heavy atom. The summed E-state index contributed by atoms with van der Waals surface area (Å²) in [5, 5.41) is 18.5. The Morgan fingerprint density at radius 1 is 1.50 bits per heavy atom. The van der Waals surface area contributed by atoms with Crippen LogP contribution in [0.15, 0.2) is 35.4 Å². The van der Waals surface area contributed by atoms with Gasteiger partial charge >= 0.3 is 6.09 Å². The number of fused-ring (bicyclic) bond motifs is 1. The third-order valence-electron chi connectivity index (χ3n) is 3.63. The lowest BCUT2D eigenvalue weighted by Crippen LogP contribution is -2.33. The number of halogens is 1. The summed E-state index contributed by atoms with van der Waals surface area (Å²) in [5.74, 6) is 0.279. The molecule has 3 N–H and O–H groups in total. The predicted molar refractivity (Wildman–Crippen MR) is 88.7 cm³/mol. The van der Waals surface area contributed by atoms with Crippen LogP contribution in [0.4, 0.5) is 4.79 Å². The number of hydrogen-bond donors (Lipinski definition) is 3. The predicted octanol–water partition coefficient (Wildman–Crippen LogP) is 2.48. The van der Waals surface area contributed by atoms with Crippen LogP contribution in [0.1, 0.15) is 25.2 Å². The van der Waals surface area contributed by atoms with E-state index in [0.717, 1.165) is 0 Å². The first-order valence-corrected chi connectivity index (χ1v) is 7.60. The molecule has 0 aliphatic rings. The number of amides is 1. The zero-order chi connectivity index (χ0) is 17.3. The van der Waals surface area contributed by atoms with Crippen molar-refractivity contribution in [1.82, 2.24) is 25.1 Å². The van der Waals surface area contributed by atoms with Crippen LogP contribution in [0.25, 0.3) is 16.6 Å². The van der Waals surface area contributed by atoms with Gasteiger partial charge in [-0.1, -0.05) is 24.6 Å². The Kier molecular flexibility index (Phi) is 4.22. The second kappa shape index (κ2) is 6.32. The molecule has 1 amide bonds. The molecule has 124 valence electrons. The van der Waals surface area contributed by atoms with Crippen molar-refractivity contribution in [3.8, 4) is 5.69 Å². The quantitative estimate of drug-likeness (QED) is 0.671. The summed E-state index contributed by atoms with van der Waals surface area (Å²) in [4.78, 5) is 28.6. The standard InChI is InChI=1S/C15H14ClN5O3/c1-2-10(20-15(23)24)13-19-11-5-3-4-9(16)12(11)14(22)21(13)8-6-17-18-7-8/h3-7,10,20H,2H2,1H3,(H,17,18)(H,23,24). The fourth-order valence-electron chi connectivity index (χ4n) is 2.55. The molecule has 0 saturated carbocycles. The average molecular weight is 348 g/mol. The summed E-state index contributed by atoms with van der Waals surface area (Å²) in [6.45, 7) is 1.80. The van der Waals surface area contributed by atoms with E-state index in [1.54, 1.807) is 25.1 Å². The van der Waals surface area contributed by atoms with Crippen LogP contribution in [-0.4, -0.2) is 30.9 Å². The molecule has 1 unspecified atom stereocenters. The van der Waals surface area contributed by atoms with Crippen molar-refractivity contribution < 1.29 is 9.90 Å². The number of carbonyl (C=O) groups is 1. The number of carboxylic acid groups (broad SMARTS) is 1. The van der Waals surface area contributed by atoms with Crippen LogP contribution in [0.2, 0.25) is 5.02 Å². The second-order valence-electron chi connectivity index (χ2n) is 5.11. The summed E-state index contributed by atoms with van der Waals surface area (Å²) >= 11 is 6.16. The Balaban J connectivity index is 2.37. The van der Waals surface area contributed by atoms with Gasteiger partial charge in [-0.25, -0.2) is 9.78 Å². The molecule has 24 heavy (non-hydrogen) atoms. The fraction of sp³-hybridized carbons (Fsp3) is 0.200. The van der Waals surface area contributed by atoms with Gasteiger partial charge in [-0.15, -0.1) is 0 Å². The first kappa shape index (κ1) is 16.0.